The fraction of sp³-hybridized carbons (Fsp3) is 0.222. The van der Waals surface area contributed by atoms with Crippen molar-refractivity contribution in [1.29, 1.82) is 0 Å². The van der Waals surface area contributed by atoms with Gasteiger partial charge >= 0.3 is 0 Å². The zero-order chi connectivity index (χ0) is 16.6. The lowest BCUT2D eigenvalue weighted by Gasteiger charge is -2.20. The van der Waals surface area contributed by atoms with Crippen molar-refractivity contribution in [2.45, 2.75) is 26.2 Å². The Morgan fingerprint density at radius 2 is 1.70 bits per heavy atom. The molecule has 118 valence electrons. The van der Waals surface area contributed by atoms with Crippen LogP contribution >= 0.6 is 0 Å². The Balaban J connectivity index is 2.04. The first-order valence-electron chi connectivity index (χ1n) is 7.39. The summed E-state index contributed by atoms with van der Waals surface area (Å²) in [6.45, 7) is 6.48. The number of aromatic nitrogens is 2. The molecule has 1 aromatic heterocycles. The molecule has 3 aromatic rings. The van der Waals surface area contributed by atoms with E-state index in [1.807, 2.05) is 12.1 Å². The minimum absolute atomic E-state index is 0.0511. The predicted molar refractivity (Wildman–Crippen MR) is 91.3 cm³/mol. The first-order valence-corrected chi connectivity index (χ1v) is 7.39. The van der Waals surface area contributed by atoms with Gasteiger partial charge in [0.15, 0.2) is 11.5 Å². The van der Waals surface area contributed by atoms with E-state index in [1.54, 1.807) is 0 Å². The van der Waals surface area contributed by atoms with Crippen LogP contribution in [0.15, 0.2) is 42.7 Å². The second kappa shape index (κ2) is 5.43. The molecule has 3 N–H and O–H groups in total. The lowest BCUT2D eigenvalue weighted by atomic mass is 9.87. The lowest BCUT2D eigenvalue weighted by molar-refractivity contribution is 0.405. The van der Waals surface area contributed by atoms with E-state index in [0.29, 0.717) is 16.7 Å². The predicted octanol–water partition coefficient (Wildman–Crippen LogP) is 4.08. The maximum atomic E-state index is 9.73. The van der Waals surface area contributed by atoms with Crippen molar-refractivity contribution in [1.82, 2.24) is 9.97 Å². The van der Waals surface area contributed by atoms with Gasteiger partial charge in [-0.3, -0.25) is 0 Å². The van der Waals surface area contributed by atoms with Crippen molar-refractivity contribution < 1.29 is 10.2 Å². The quantitative estimate of drug-likeness (QED) is 0.622. The molecule has 0 saturated carbocycles. The summed E-state index contributed by atoms with van der Waals surface area (Å²) in [5.74, 6) is 0.187. The highest BCUT2D eigenvalue weighted by molar-refractivity contribution is 5.92. The maximum Gasteiger partial charge on any atom is 0.159 e. The van der Waals surface area contributed by atoms with Gasteiger partial charge in [0, 0.05) is 17.1 Å². The number of hydrogen-bond donors (Lipinski definition) is 3. The molecule has 0 atom stereocenters. The first-order chi connectivity index (χ1) is 10.8. The van der Waals surface area contributed by atoms with Crippen molar-refractivity contribution in [2.75, 3.05) is 5.32 Å². The van der Waals surface area contributed by atoms with Crippen LogP contribution < -0.4 is 5.32 Å². The Hall–Kier alpha value is -2.82. The number of nitrogens with zero attached hydrogens (tertiary/aromatic N) is 2. The largest absolute Gasteiger partial charge is 0.504 e. The molecule has 0 spiro atoms. The van der Waals surface area contributed by atoms with Gasteiger partial charge in [-0.1, -0.05) is 32.9 Å². The first kappa shape index (κ1) is 15.1. The van der Waals surface area contributed by atoms with Crippen LogP contribution in [0.5, 0.6) is 11.5 Å². The van der Waals surface area contributed by atoms with E-state index in [9.17, 15) is 10.2 Å². The fourth-order valence-electron chi connectivity index (χ4n) is 2.38. The number of aromatic hydroxyl groups is 2. The standard InChI is InChI=1S/C18H19N3O2/c1-18(2,3)11-5-4-6-12(7-11)21-17-13-8-15(22)16(23)9-14(13)19-10-20-17/h4-10,22-23H,1-3H3,(H,19,20,21). The van der Waals surface area contributed by atoms with Gasteiger partial charge < -0.3 is 15.5 Å². The number of phenols is 2. The minimum atomic E-state index is -0.197. The zero-order valence-electron chi connectivity index (χ0n) is 13.3. The molecule has 23 heavy (non-hydrogen) atoms. The number of hydrogen-bond acceptors (Lipinski definition) is 5. The van der Waals surface area contributed by atoms with Gasteiger partial charge in [-0.05, 0) is 29.2 Å². The monoisotopic (exact) mass is 309 g/mol. The summed E-state index contributed by atoms with van der Waals surface area (Å²) >= 11 is 0. The van der Waals surface area contributed by atoms with Gasteiger partial charge in [0.2, 0.25) is 0 Å². The number of benzene rings is 2. The Kier molecular flexibility index (Phi) is 3.56. The highest BCUT2D eigenvalue weighted by Crippen LogP contribution is 2.33. The van der Waals surface area contributed by atoms with Crippen LogP contribution in [-0.4, -0.2) is 20.2 Å². The topological polar surface area (TPSA) is 78.3 Å². The Labute approximate surface area is 134 Å². The molecule has 0 radical (unpaired) electrons. The number of fused-ring (bicyclic) bond motifs is 1. The average Bonchev–Trinajstić information content (AvgIpc) is 2.49. The fourth-order valence-corrected chi connectivity index (χ4v) is 2.38. The summed E-state index contributed by atoms with van der Waals surface area (Å²) in [6.07, 6.45) is 1.43. The van der Waals surface area contributed by atoms with Crippen molar-refractivity contribution in [3.8, 4) is 11.5 Å². The van der Waals surface area contributed by atoms with Gasteiger partial charge in [-0.15, -0.1) is 0 Å². The third-order valence-corrected chi connectivity index (χ3v) is 3.72. The van der Waals surface area contributed by atoms with Crippen LogP contribution in [0.3, 0.4) is 0 Å². The van der Waals surface area contributed by atoms with E-state index in [1.165, 1.54) is 24.0 Å². The molecule has 0 saturated heterocycles. The molecule has 2 aromatic carbocycles. The Morgan fingerprint density at radius 1 is 0.957 bits per heavy atom. The minimum Gasteiger partial charge on any atom is -0.504 e. The van der Waals surface area contributed by atoms with Crippen LogP contribution in [0, 0.1) is 0 Å². The van der Waals surface area contributed by atoms with Crippen molar-refractivity contribution in [3.05, 3.63) is 48.3 Å². The molecule has 0 aliphatic heterocycles. The summed E-state index contributed by atoms with van der Waals surface area (Å²) in [5.41, 5.74) is 2.73. The van der Waals surface area contributed by atoms with Crippen LogP contribution in [0.2, 0.25) is 0 Å². The highest BCUT2D eigenvalue weighted by atomic mass is 16.3. The summed E-state index contributed by atoms with van der Waals surface area (Å²) in [4.78, 5) is 8.37. The van der Waals surface area contributed by atoms with E-state index in [-0.39, 0.29) is 16.9 Å². The third-order valence-electron chi connectivity index (χ3n) is 3.72. The van der Waals surface area contributed by atoms with E-state index in [0.717, 1.165) is 5.69 Å². The van der Waals surface area contributed by atoms with E-state index < -0.39 is 0 Å². The van der Waals surface area contributed by atoms with Gasteiger partial charge in [0.1, 0.15) is 12.1 Å². The zero-order valence-corrected chi connectivity index (χ0v) is 13.3. The molecular weight excluding hydrogens is 290 g/mol. The van der Waals surface area contributed by atoms with E-state index in [4.69, 9.17) is 0 Å². The summed E-state index contributed by atoms with van der Waals surface area (Å²) in [7, 11) is 0. The molecule has 0 unspecified atom stereocenters. The second-order valence-electron chi connectivity index (χ2n) is 6.54. The van der Waals surface area contributed by atoms with E-state index >= 15 is 0 Å². The third kappa shape index (κ3) is 3.04. The maximum absolute atomic E-state index is 9.73. The second-order valence-corrected chi connectivity index (χ2v) is 6.54. The smallest absolute Gasteiger partial charge is 0.159 e. The Bertz CT molecular complexity index is 870. The van der Waals surface area contributed by atoms with Gasteiger partial charge in [-0.2, -0.15) is 0 Å². The lowest BCUT2D eigenvalue weighted by Crippen LogP contribution is -2.11. The number of phenolic OH excluding ortho intramolecular Hbond substituents is 2. The molecule has 0 aliphatic rings. The van der Waals surface area contributed by atoms with Crippen LogP contribution in [-0.2, 0) is 5.41 Å². The molecule has 5 nitrogen and oxygen atoms in total. The summed E-state index contributed by atoms with van der Waals surface area (Å²) in [5, 5.41) is 23.2. The average molecular weight is 309 g/mol. The molecule has 0 bridgehead atoms. The van der Waals surface area contributed by atoms with Crippen molar-refractivity contribution in [2.24, 2.45) is 0 Å². The normalized spacial score (nSPS) is 11.6. The molecule has 0 amide bonds. The number of rotatable bonds is 2. The molecule has 5 heteroatoms. The van der Waals surface area contributed by atoms with Crippen molar-refractivity contribution >= 4 is 22.4 Å². The Morgan fingerprint density at radius 3 is 2.43 bits per heavy atom. The van der Waals surface area contributed by atoms with Gasteiger partial charge in [-0.25, -0.2) is 9.97 Å². The van der Waals surface area contributed by atoms with E-state index in [2.05, 4.69) is 48.2 Å². The van der Waals surface area contributed by atoms with Gasteiger partial charge in [0.05, 0.1) is 5.52 Å². The summed E-state index contributed by atoms with van der Waals surface area (Å²) in [6, 6.07) is 11.0. The molecule has 3 rings (SSSR count). The van der Waals surface area contributed by atoms with Crippen LogP contribution in [0.25, 0.3) is 10.9 Å². The highest BCUT2D eigenvalue weighted by Gasteiger charge is 2.14. The number of nitrogens with one attached hydrogen (secondary N) is 1. The van der Waals surface area contributed by atoms with Crippen LogP contribution in [0.1, 0.15) is 26.3 Å². The van der Waals surface area contributed by atoms with Crippen molar-refractivity contribution in [3.63, 3.8) is 0 Å². The van der Waals surface area contributed by atoms with Gasteiger partial charge in [0.25, 0.3) is 0 Å². The molecule has 1 heterocycles. The molecule has 0 fully saturated rings. The van der Waals surface area contributed by atoms with Crippen LogP contribution in [0.4, 0.5) is 11.5 Å². The molecule has 0 aliphatic carbocycles. The summed E-state index contributed by atoms with van der Waals surface area (Å²) < 4.78 is 0. The number of anilines is 2. The SMILES string of the molecule is CC(C)(C)c1cccc(Nc2ncnc3cc(O)c(O)cc23)c1. The molecular formula is C18H19N3O2.